The SMILES string of the molecule is COC(=O)CN1C(=O)S/C(=C/c2ccc(-c3ccccc3C(F)(F)F)o2)C1=O. The summed E-state index contributed by atoms with van der Waals surface area (Å²) < 4.78 is 49.3. The van der Waals surface area contributed by atoms with Gasteiger partial charge in [-0.15, -0.1) is 0 Å². The predicted molar refractivity (Wildman–Crippen MR) is 93.8 cm³/mol. The fourth-order valence-corrected chi connectivity index (χ4v) is 3.30. The first-order chi connectivity index (χ1) is 13.2. The van der Waals surface area contributed by atoms with Gasteiger partial charge in [-0.2, -0.15) is 13.2 Å². The zero-order valence-corrected chi connectivity index (χ0v) is 15.1. The molecule has 3 rings (SSSR count). The van der Waals surface area contributed by atoms with Crippen molar-refractivity contribution in [2.45, 2.75) is 6.18 Å². The number of rotatable bonds is 4. The number of amides is 2. The third kappa shape index (κ3) is 3.96. The molecule has 2 aromatic rings. The maximum atomic E-state index is 13.2. The molecule has 0 N–H and O–H groups in total. The highest BCUT2D eigenvalue weighted by molar-refractivity contribution is 8.18. The summed E-state index contributed by atoms with van der Waals surface area (Å²) in [5.41, 5.74) is -0.997. The Hall–Kier alpha value is -3.01. The van der Waals surface area contributed by atoms with Gasteiger partial charge in [0, 0.05) is 11.6 Å². The highest BCUT2D eigenvalue weighted by Crippen LogP contribution is 2.38. The topological polar surface area (TPSA) is 76.8 Å². The molecule has 0 bridgehead atoms. The second-order valence-corrected chi connectivity index (χ2v) is 6.58. The Morgan fingerprint density at radius 3 is 2.61 bits per heavy atom. The van der Waals surface area contributed by atoms with Crippen molar-refractivity contribution in [3.8, 4) is 11.3 Å². The molecule has 1 saturated heterocycles. The van der Waals surface area contributed by atoms with Crippen molar-refractivity contribution < 1.29 is 36.7 Å². The van der Waals surface area contributed by atoms with Gasteiger partial charge in [0.1, 0.15) is 18.1 Å². The van der Waals surface area contributed by atoms with Crippen LogP contribution in [0.15, 0.2) is 45.7 Å². The summed E-state index contributed by atoms with van der Waals surface area (Å²) in [5, 5.41) is -0.657. The molecule has 0 atom stereocenters. The number of esters is 1. The minimum atomic E-state index is -4.56. The van der Waals surface area contributed by atoms with Crippen LogP contribution in [0.1, 0.15) is 11.3 Å². The third-order valence-electron chi connectivity index (χ3n) is 3.79. The lowest BCUT2D eigenvalue weighted by molar-refractivity contribution is -0.143. The van der Waals surface area contributed by atoms with E-state index in [2.05, 4.69) is 4.74 Å². The van der Waals surface area contributed by atoms with Crippen LogP contribution in [0.3, 0.4) is 0 Å². The molecular weight excluding hydrogens is 399 g/mol. The van der Waals surface area contributed by atoms with E-state index in [-0.39, 0.29) is 22.0 Å². The number of carbonyl (C=O) groups is 3. The van der Waals surface area contributed by atoms with Crippen LogP contribution in [-0.4, -0.2) is 35.7 Å². The van der Waals surface area contributed by atoms with Crippen LogP contribution in [0.4, 0.5) is 18.0 Å². The lowest BCUT2D eigenvalue weighted by Gasteiger charge is -2.10. The number of hydrogen-bond acceptors (Lipinski definition) is 6. The molecular formula is C18H12F3NO5S. The second kappa shape index (κ2) is 7.55. The van der Waals surface area contributed by atoms with Crippen molar-refractivity contribution in [2.24, 2.45) is 0 Å². The van der Waals surface area contributed by atoms with Gasteiger partial charge in [-0.3, -0.25) is 19.3 Å². The number of nitrogens with zero attached hydrogens (tertiary/aromatic N) is 1. The Labute approximate surface area is 160 Å². The van der Waals surface area contributed by atoms with Gasteiger partial charge in [0.05, 0.1) is 17.6 Å². The number of thioether (sulfide) groups is 1. The minimum absolute atomic E-state index is 0.0149. The van der Waals surface area contributed by atoms with E-state index in [9.17, 15) is 27.6 Å². The molecule has 28 heavy (non-hydrogen) atoms. The van der Waals surface area contributed by atoms with E-state index in [4.69, 9.17) is 4.42 Å². The zero-order chi connectivity index (χ0) is 20.5. The van der Waals surface area contributed by atoms with Crippen LogP contribution >= 0.6 is 11.8 Å². The van der Waals surface area contributed by atoms with Crippen molar-refractivity contribution in [1.29, 1.82) is 0 Å². The van der Waals surface area contributed by atoms with E-state index >= 15 is 0 Å². The van der Waals surface area contributed by atoms with E-state index < -0.39 is 35.4 Å². The highest BCUT2D eigenvalue weighted by Gasteiger charge is 2.37. The molecule has 1 aliphatic rings. The average molecular weight is 411 g/mol. The first-order valence-electron chi connectivity index (χ1n) is 7.79. The average Bonchev–Trinajstić information content (AvgIpc) is 3.21. The van der Waals surface area contributed by atoms with E-state index in [1.54, 1.807) is 0 Å². The maximum Gasteiger partial charge on any atom is 0.417 e. The van der Waals surface area contributed by atoms with Gasteiger partial charge < -0.3 is 9.15 Å². The standard InChI is InChI=1S/C18H12F3NO5S/c1-26-15(23)9-22-16(24)14(28-17(22)25)8-10-6-7-13(27-10)11-4-2-3-5-12(11)18(19,20)21/h2-8H,9H2,1H3/b14-8+. The Morgan fingerprint density at radius 1 is 1.21 bits per heavy atom. The lowest BCUT2D eigenvalue weighted by atomic mass is 10.1. The lowest BCUT2D eigenvalue weighted by Crippen LogP contribution is -2.34. The van der Waals surface area contributed by atoms with Crippen LogP contribution in [0.5, 0.6) is 0 Å². The Balaban J connectivity index is 1.87. The maximum absolute atomic E-state index is 13.2. The van der Waals surface area contributed by atoms with Crippen LogP contribution in [0, 0.1) is 0 Å². The number of hydrogen-bond donors (Lipinski definition) is 0. The van der Waals surface area contributed by atoms with Crippen molar-refractivity contribution in [2.75, 3.05) is 13.7 Å². The number of ether oxygens (including phenoxy) is 1. The number of methoxy groups -OCH3 is 1. The molecule has 0 unspecified atom stereocenters. The van der Waals surface area contributed by atoms with Crippen LogP contribution in [0.25, 0.3) is 17.4 Å². The molecule has 146 valence electrons. The largest absolute Gasteiger partial charge is 0.468 e. The summed E-state index contributed by atoms with van der Waals surface area (Å²) in [7, 11) is 1.13. The van der Waals surface area contributed by atoms with Crippen LogP contribution in [0.2, 0.25) is 0 Å². The van der Waals surface area contributed by atoms with E-state index in [1.807, 2.05) is 0 Å². The summed E-state index contributed by atoms with van der Waals surface area (Å²) >= 11 is 0.592. The van der Waals surface area contributed by atoms with Gasteiger partial charge in [0.15, 0.2) is 0 Å². The monoisotopic (exact) mass is 411 g/mol. The Kier molecular flexibility index (Phi) is 5.32. The second-order valence-electron chi connectivity index (χ2n) is 5.59. The molecule has 0 saturated carbocycles. The van der Waals surface area contributed by atoms with Crippen molar-refractivity contribution in [1.82, 2.24) is 4.90 Å². The normalized spacial score (nSPS) is 16.1. The molecule has 1 aromatic heterocycles. The van der Waals surface area contributed by atoms with Gasteiger partial charge in [-0.25, -0.2) is 0 Å². The van der Waals surface area contributed by atoms with Crippen molar-refractivity contribution in [3.63, 3.8) is 0 Å². The summed E-state index contributed by atoms with van der Waals surface area (Å²) in [5.74, 6) is -1.41. The molecule has 1 aromatic carbocycles. The molecule has 1 aliphatic heterocycles. The predicted octanol–water partition coefficient (Wildman–Crippen LogP) is 4.17. The van der Waals surface area contributed by atoms with Crippen LogP contribution in [-0.2, 0) is 20.5 Å². The molecule has 10 heteroatoms. The third-order valence-corrected chi connectivity index (χ3v) is 4.69. The van der Waals surface area contributed by atoms with Crippen LogP contribution < -0.4 is 0 Å². The number of alkyl halides is 3. The minimum Gasteiger partial charge on any atom is -0.468 e. The first-order valence-corrected chi connectivity index (χ1v) is 8.61. The zero-order valence-electron chi connectivity index (χ0n) is 14.3. The summed E-state index contributed by atoms with van der Waals surface area (Å²) in [6.07, 6.45) is -3.32. The quantitative estimate of drug-likeness (QED) is 0.555. The summed E-state index contributed by atoms with van der Waals surface area (Å²) in [6.45, 7) is -0.527. The van der Waals surface area contributed by atoms with Crippen molar-refractivity contribution in [3.05, 3.63) is 52.6 Å². The van der Waals surface area contributed by atoms with Gasteiger partial charge in [0.25, 0.3) is 11.1 Å². The van der Waals surface area contributed by atoms with E-state index in [0.29, 0.717) is 16.7 Å². The first kappa shape index (κ1) is 19.7. The highest BCUT2D eigenvalue weighted by atomic mass is 32.2. The fraction of sp³-hybridized carbons (Fsp3) is 0.167. The fourth-order valence-electron chi connectivity index (χ4n) is 2.48. The van der Waals surface area contributed by atoms with E-state index in [1.165, 1.54) is 36.4 Å². The van der Waals surface area contributed by atoms with Gasteiger partial charge in [0.2, 0.25) is 0 Å². The number of imide groups is 1. The number of benzene rings is 1. The Morgan fingerprint density at radius 2 is 1.93 bits per heavy atom. The molecule has 0 aliphatic carbocycles. The number of halogens is 3. The van der Waals surface area contributed by atoms with E-state index in [0.717, 1.165) is 13.2 Å². The molecule has 2 amide bonds. The molecule has 1 fully saturated rings. The molecule has 0 radical (unpaired) electrons. The van der Waals surface area contributed by atoms with Crippen molar-refractivity contribution >= 4 is 35.0 Å². The Bertz CT molecular complexity index is 980. The molecule has 6 nitrogen and oxygen atoms in total. The number of furan rings is 1. The van der Waals surface area contributed by atoms with Gasteiger partial charge in [-0.05, 0) is 30.0 Å². The number of carbonyl (C=O) groups excluding carboxylic acids is 3. The smallest absolute Gasteiger partial charge is 0.417 e. The van der Waals surface area contributed by atoms with Gasteiger partial charge >= 0.3 is 12.1 Å². The van der Waals surface area contributed by atoms with Gasteiger partial charge in [-0.1, -0.05) is 18.2 Å². The molecule has 2 heterocycles. The summed E-state index contributed by atoms with van der Waals surface area (Å²) in [6, 6.07) is 7.66. The summed E-state index contributed by atoms with van der Waals surface area (Å²) in [4.78, 5) is 36.1. The molecule has 0 spiro atoms.